The predicted octanol–water partition coefficient (Wildman–Crippen LogP) is 5.60. The normalized spacial score (nSPS) is 11.7. The van der Waals surface area contributed by atoms with Gasteiger partial charge < -0.3 is 0 Å². The van der Waals surface area contributed by atoms with Gasteiger partial charge in [0.15, 0.2) is 5.17 Å². The van der Waals surface area contributed by atoms with E-state index in [9.17, 15) is 4.79 Å². The monoisotopic (exact) mass is 442 g/mol. The van der Waals surface area contributed by atoms with Crippen LogP contribution in [0.5, 0.6) is 0 Å². The van der Waals surface area contributed by atoms with E-state index in [1.807, 2.05) is 60.7 Å². The molecular weight excluding hydrogens is 423 g/mol. The molecular formula is C26H20ClN2OP. The maximum Gasteiger partial charge on any atom is 0.224 e. The Kier molecular flexibility index (Phi) is 6.57. The van der Waals surface area contributed by atoms with Crippen LogP contribution in [-0.2, 0) is 0 Å². The molecule has 0 N–H and O–H groups in total. The van der Waals surface area contributed by atoms with Gasteiger partial charge in [-0.2, -0.15) is 4.85 Å². The summed E-state index contributed by atoms with van der Waals surface area (Å²) >= 11 is 6.36. The number of carbonyl (C=O) groups is 1. The molecule has 4 rings (SSSR count). The highest BCUT2D eigenvalue weighted by atomic mass is 35.5. The van der Waals surface area contributed by atoms with Gasteiger partial charge in [0.25, 0.3) is 0 Å². The van der Waals surface area contributed by atoms with Crippen LogP contribution < -0.4 is 15.9 Å². The number of carbonyl (C=O) groups excluding carboxylic acids is 1. The number of nitrogens with zero attached hydrogens (tertiary/aromatic N) is 2. The van der Waals surface area contributed by atoms with Crippen molar-refractivity contribution in [2.75, 3.05) is 0 Å². The van der Waals surface area contributed by atoms with E-state index in [2.05, 4.69) is 41.5 Å². The average Bonchev–Trinajstić information content (AvgIpc) is 2.86. The van der Waals surface area contributed by atoms with E-state index in [4.69, 9.17) is 16.5 Å². The minimum atomic E-state index is -2.54. The zero-order valence-corrected chi connectivity index (χ0v) is 18.3. The number of halogens is 1. The Morgan fingerprint density at radius 3 is 1.32 bits per heavy atom. The van der Waals surface area contributed by atoms with Crippen LogP contribution in [0.4, 0.5) is 0 Å². The molecule has 0 bridgehead atoms. The lowest BCUT2D eigenvalue weighted by Crippen LogP contribution is -2.25. The topological polar surface area (TPSA) is 41.8 Å². The highest BCUT2D eigenvalue weighted by molar-refractivity contribution is 7.87. The minimum Gasteiger partial charge on any atom is -0.286 e. The summed E-state index contributed by atoms with van der Waals surface area (Å²) < 4.78 is 0. The fourth-order valence-electron chi connectivity index (χ4n) is 3.39. The summed E-state index contributed by atoms with van der Waals surface area (Å²) in [5.74, 6) is -0.349. The van der Waals surface area contributed by atoms with Crippen LogP contribution >= 0.6 is 18.7 Å². The molecule has 0 aliphatic rings. The average molecular weight is 443 g/mol. The van der Waals surface area contributed by atoms with Gasteiger partial charge in [0.1, 0.15) is 0 Å². The third kappa shape index (κ3) is 4.44. The first-order chi connectivity index (χ1) is 15.2. The van der Waals surface area contributed by atoms with Crippen molar-refractivity contribution < 1.29 is 4.79 Å². The van der Waals surface area contributed by atoms with Gasteiger partial charge in [-0.05, 0) is 0 Å². The third-order valence-corrected chi connectivity index (χ3v) is 8.62. The van der Waals surface area contributed by atoms with Crippen molar-refractivity contribution >= 4 is 45.5 Å². The molecule has 3 nitrogen and oxygen atoms in total. The van der Waals surface area contributed by atoms with E-state index < -0.39 is 7.05 Å². The van der Waals surface area contributed by atoms with Crippen molar-refractivity contribution in [2.45, 2.75) is 0 Å². The molecule has 0 radical (unpaired) electrons. The molecule has 0 amide bonds. The largest absolute Gasteiger partial charge is 0.286 e. The summed E-state index contributed by atoms with van der Waals surface area (Å²) in [4.78, 5) is 17.6. The SMILES string of the molecule is O=C(/C(Cl)=N/N=P(c1ccccc1)(c1ccccc1)c1ccccc1)c1ccccc1. The lowest BCUT2D eigenvalue weighted by atomic mass is 10.1. The van der Waals surface area contributed by atoms with E-state index in [1.54, 1.807) is 24.3 Å². The van der Waals surface area contributed by atoms with Crippen molar-refractivity contribution in [1.82, 2.24) is 0 Å². The fourth-order valence-corrected chi connectivity index (χ4v) is 6.83. The molecule has 4 aromatic carbocycles. The van der Waals surface area contributed by atoms with Gasteiger partial charge in [0.2, 0.25) is 5.78 Å². The minimum absolute atomic E-state index is 0.154. The predicted molar refractivity (Wildman–Crippen MR) is 132 cm³/mol. The summed E-state index contributed by atoms with van der Waals surface area (Å²) in [7, 11) is -2.54. The van der Waals surface area contributed by atoms with Crippen LogP contribution in [0.3, 0.4) is 0 Å². The second-order valence-corrected chi connectivity index (χ2v) is 10.2. The number of hydrogen-bond donors (Lipinski definition) is 0. The van der Waals surface area contributed by atoms with Gasteiger partial charge in [-0.15, -0.1) is 5.10 Å². The first-order valence-electron chi connectivity index (χ1n) is 9.83. The van der Waals surface area contributed by atoms with E-state index in [0.717, 1.165) is 15.9 Å². The molecule has 0 spiro atoms. The Hall–Kier alpha value is -3.26. The molecule has 0 unspecified atom stereocenters. The van der Waals surface area contributed by atoms with Crippen LogP contribution in [0.25, 0.3) is 0 Å². The Morgan fingerprint density at radius 2 is 0.935 bits per heavy atom. The smallest absolute Gasteiger partial charge is 0.224 e. The van der Waals surface area contributed by atoms with Crippen LogP contribution in [-0.4, -0.2) is 11.0 Å². The summed E-state index contributed by atoms with van der Waals surface area (Å²) in [6.07, 6.45) is 0. The summed E-state index contributed by atoms with van der Waals surface area (Å²) in [5.41, 5.74) is 0.481. The summed E-state index contributed by atoms with van der Waals surface area (Å²) in [5, 5.41) is 7.26. The van der Waals surface area contributed by atoms with E-state index in [0.29, 0.717) is 5.56 Å². The summed E-state index contributed by atoms with van der Waals surface area (Å²) in [6.45, 7) is 0. The highest BCUT2D eigenvalue weighted by Gasteiger charge is 2.28. The Balaban J connectivity index is 1.97. The molecule has 4 aromatic rings. The molecule has 31 heavy (non-hydrogen) atoms. The van der Waals surface area contributed by atoms with E-state index in [-0.39, 0.29) is 11.0 Å². The molecule has 0 aliphatic heterocycles. The molecule has 0 atom stereocenters. The zero-order chi connectivity index (χ0) is 21.5. The molecule has 5 heteroatoms. The molecule has 0 saturated carbocycles. The van der Waals surface area contributed by atoms with Crippen molar-refractivity contribution in [3.8, 4) is 0 Å². The van der Waals surface area contributed by atoms with Crippen LogP contribution in [0.1, 0.15) is 10.4 Å². The van der Waals surface area contributed by atoms with Crippen LogP contribution in [0, 0.1) is 0 Å². The second-order valence-electron chi connectivity index (χ2n) is 6.82. The van der Waals surface area contributed by atoms with Gasteiger partial charge in [-0.3, -0.25) is 4.79 Å². The lowest BCUT2D eigenvalue weighted by Gasteiger charge is -2.25. The van der Waals surface area contributed by atoms with Crippen LogP contribution in [0.15, 0.2) is 131 Å². The van der Waals surface area contributed by atoms with Crippen molar-refractivity contribution in [3.05, 3.63) is 127 Å². The Labute approximate surface area is 187 Å². The quantitative estimate of drug-likeness (QED) is 0.166. The summed E-state index contributed by atoms with van der Waals surface area (Å²) in [6, 6.07) is 39.1. The highest BCUT2D eigenvalue weighted by Crippen LogP contribution is 2.46. The molecule has 0 aromatic heterocycles. The third-order valence-electron chi connectivity index (χ3n) is 4.88. The Bertz CT molecular complexity index is 1140. The number of benzene rings is 4. The number of hydrogen-bond acceptors (Lipinski definition) is 2. The maximum absolute atomic E-state index is 12.8. The molecule has 152 valence electrons. The fraction of sp³-hybridized carbons (Fsp3) is 0. The number of rotatable bonds is 6. The standard InChI is InChI=1S/C26H20ClN2OP/c27-26(25(30)21-13-5-1-6-14-21)28-29-31(22-15-7-2-8-16-22,23-17-9-3-10-18-23)24-19-11-4-12-20-24/h1-20H/b28-26-. The number of Topliss-reactive ketones (excluding diaryl/α,β-unsaturated/α-hetero) is 1. The van der Waals surface area contributed by atoms with Gasteiger partial charge in [-0.25, -0.2) is 0 Å². The first-order valence-corrected chi connectivity index (χ1v) is 11.9. The maximum atomic E-state index is 12.8. The van der Waals surface area contributed by atoms with Crippen molar-refractivity contribution in [2.24, 2.45) is 9.96 Å². The molecule has 0 saturated heterocycles. The first kappa shape index (κ1) is 21.0. The number of ketones is 1. The molecule has 0 aliphatic carbocycles. The van der Waals surface area contributed by atoms with Crippen molar-refractivity contribution in [1.29, 1.82) is 0 Å². The van der Waals surface area contributed by atoms with E-state index >= 15 is 0 Å². The van der Waals surface area contributed by atoms with Crippen LogP contribution in [0.2, 0.25) is 0 Å². The van der Waals surface area contributed by atoms with Gasteiger partial charge >= 0.3 is 0 Å². The van der Waals surface area contributed by atoms with E-state index in [1.165, 1.54) is 0 Å². The molecule has 0 heterocycles. The molecule has 0 fully saturated rings. The van der Waals surface area contributed by atoms with Gasteiger partial charge in [0, 0.05) is 21.5 Å². The van der Waals surface area contributed by atoms with Gasteiger partial charge in [-0.1, -0.05) is 133 Å². The lowest BCUT2D eigenvalue weighted by molar-refractivity contribution is 0.106. The van der Waals surface area contributed by atoms with Gasteiger partial charge in [0.05, 0.1) is 7.05 Å². The van der Waals surface area contributed by atoms with Crippen molar-refractivity contribution in [3.63, 3.8) is 0 Å². The Morgan fingerprint density at radius 1 is 0.581 bits per heavy atom. The zero-order valence-electron chi connectivity index (χ0n) is 16.7. The second kappa shape index (κ2) is 9.70.